The summed E-state index contributed by atoms with van der Waals surface area (Å²) in [6.07, 6.45) is 0. The van der Waals surface area contributed by atoms with Crippen molar-refractivity contribution in [2.45, 2.75) is 0 Å². The van der Waals surface area contributed by atoms with Gasteiger partial charge in [-0.2, -0.15) is 0 Å². The van der Waals surface area contributed by atoms with Gasteiger partial charge in [-0.15, -0.1) is 0 Å². The lowest BCUT2D eigenvalue weighted by Gasteiger charge is -2.16. The summed E-state index contributed by atoms with van der Waals surface area (Å²) >= 11 is 0. The first-order chi connectivity index (χ1) is 16.9. The number of hydrogen-bond acceptors (Lipinski definition) is 7. The van der Waals surface area contributed by atoms with E-state index in [1.807, 2.05) is 6.07 Å². The number of hydrogen-bond donors (Lipinski definition) is 2. The van der Waals surface area contributed by atoms with E-state index in [1.54, 1.807) is 42.5 Å². The van der Waals surface area contributed by atoms with Crippen LogP contribution in [0.15, 0.2) is 75.9 Å². The molecule has 0 fully saturated rings. The van der Waals surface area contributed by atoms with Gasteiger partial charge in [-0.1, -0.05) is 18.2 Å². The predicted octanol–water partition coefficient (Wildman–Crippen LogP) is 4.32. The molecular weight excluding hydrogens is 452 g/mol. The van der Waals surface area contributed by atoms with Crippen LogP contribution in [0.5, 0.6) is 17.2 Å². The van der Waals surface area contributed by atoms with Gasteiger partial charge in [-0.05, 0) is 36.4 Å². The number of methoxy groups -OCH3 is 3. The molecule has 2 N–H and O–H groups in total. The van der Waals surface area contributed by atoms with Gasteiger partial charge in [0, 0.05) is 23.1 Å². The monoisotopic (exact) mass is 474 g/mol. The molecule has 2 amide bonds. The third-order valence-corrected chi connectivity index (χ3v) is 5.24. The van der Waals surface area contributed by atoms with E-state index in [0.717, 1.165) is 0 Å². The summed E-state index contributed by atoms with van der Waals surface area (Å²) in [6.45, 7) is 0. The van der Waals surface area contributed by atoms with Crippen LogP contribution in [0.4, 0.5) is 11.4 Å². The van der Waals surface area contributed by atoms with Gasteiger partial charge in [0.15, 0.2) is 0 Å². The first-order valence-electron chi connectivity index (χ1n) is 10.5. The summed E-state index contributed by atoms with van der Waals surface area (Å²) in [5, 5.41) is 5.95. The molecule has 9 heteroatoms. The number of anilines is 2. The van der Waals surface area contributed by atoms with Crippen molar-refractivity contribution in [1.82, 2.24) is 0 Å². The highest BCUT2D eigenvalue weighted by molar-refractivity contribution is 6.08. The van der Waals surface area contributed by atoms with Crippen molar-refractivity contribution in [3.05, 3.63) is 88.3 Å². The molecule has 0 aliphatic carbocycles. The predicted molar refractivity (Wildman–Crippen MR) is 131 cm³/mol. The minimum Gasteiger partial charge on any atom is -0.497 e. The van der Waals surface area contributed by atoms with Crippen LogP contribution in [0, 0.1) is 0 Å². The number of carbonyl (C=O) groups excluding carboxylic acids is 2. The molecule has 4 aromatic rings. The molecule has 0 aliphatic heterocycles. The fraction of sp³-hybridized carbons (Fsp3) is 0.115. The Labute approximate surface area is 200 Å². The summed E-state index contributed by atoms with van der Waals surface area (Å²) < 4.78 is 21.3. The molecule has 0 atom stereocenters. The summed E-state index contributed by atoms with van der Waals surface area (Å²) in [7, 11) is 4.35. The second kappa shape index (κ2) is 10.0. The molecule has 0 aliphatic rings. The van der Waals surface area contributed by atoms with Gasteiger partial charge in [-0.3, -0.25) is 9.59 Å². The van der Waals surface area contributed by atoms with Gasteiger partial charge >= 0.3 is 5.63 Å². The van der Waals surface area contributed by atoms with Crippen molar-refractivity contribution < 1.29 is 28.2 Å². The zero-order valence-electron chi connectivity index (χ0n) is 19.2. The maximum Gasteiger partial charge on any atom is 0.349 e. The molecule has 0 spiro atoms. The molecule has 35 heavy (non-hydrogen) atoms. The molecule has 4 rings (SSSR count). The van der Waals surface area contributed by atoms with Crippen LogP contribution < -0.4 is 30.5 Å². The third-order valence-electron chi connectivity index (χ3n) is 5.24. The molecule has 178 valence electrons. The van der Waals surface area contributed by atoms with Crippen LogP contribution in [0.2, 0.25) is 0 Å². The quantitative estimate of drug-likeness (QED) is 0.383. The van der Waals surface area contributed by atoms with Gasteiger partial charge in [0.1, 0.15) is 28.4 Å². The van der Waals surface area contributed by atoms with Crippen molar-refractivity contribution in [3.63, 3.8) is 0 Å². The summed E-state index contributed by atoms with van der Waals surface area (Å²) in [5.41, 5.74) is 0.368. The lowest BCUT2D eigenvalue weighted by Crippen LogP contribution is -2.21. The summed E-state index contributed by atoms with van der Waals surface area (Å²) in [4.78, 5) is 38.0. The minimum absolute atomic E-state index is 0.201. The van der Waals surface area contributed by atoms with Gasteiger partial charge in [0.2, 0.25) is 0 Å². The number of rotatable bonds is 7. The lowest BCUT2D eigenvalue weighted by molar-refractivity contribution is 0.101. The lowest BCUT2D eigenvalue weighted by atomic mass is 10.1. The largest absolute Gasteiger partial charge is 0.497 e. The van der Waals surface area contributed by atoms with Crippen molar-refractivity contribution >= 4 is 34.2 Å². The average molecular weight is 474 g/mol. The maximum atomic E-state index is 13.0. The number of ether oxygens (including phenoxy) is 3. The van der Waals surface area contributed by atoms with Crippen LogP contribution >= 0.6 is 0 Å². The Bertz CT molecular complexity index is 1460. The highest BCUT2D eigenvalue weighted by Gasteiger charge is 2.19. The van der Waals surface area contributed by atoms with E-state index in [9.17, 15) is 14.4 Å². The fourth-order valence-electron chi connectivity index (χ4n) is 3.45. The molecule has 0 saturated heterocycles. The second-order valence-corrected chi connectivity index (χ2v) is 7.38. The standard InChI is InChI=1S/C26H22N2O7/c1-32-17-9-10-21-16(11-17)12-18(26(31)35-21)25(30)28-20-14-22(33-2)19(13-23(20)34-3)27-24(29)15-7-5-4-6-8-15/h4-14H,1-3H3,(H,27,29)(H,28,30). The Morgan fingerprint density at radius 2 is 1.37 bits per heavy atom. The molecule has 3 aromatic carbocycles. The van der Waals surface area contributed by atoms with E-state index in [-0.39, 0.29) is 28.7 Å². The van der Waals surface area contributed by atoms with Crippen LogP contribution in [-0.4, -0.2) is 33.1 Å². The number of fused-ring (bicyclic) bond motifs is 1. The van der Waals surface area contributed by atoms with Gasteiger partial charge < -0.3 is 29.3 Å². The first-order valence-corrected chi connectivity index (χ1v) is 10.5. The van der Waals surface area contributed by atoms with E-state index in [2.05, 4.69) is 10.6 Å². The molecule has 0 radical (unpaired) electrons. The Balaban J connectivity index is 1.65. The Hall–Kier alpha value is -4.79. The normalized spacial score (nSPS) is 10.5. The molecular formula is C26H22N2O7. The molecule has 0 saturated carbocycles. The van der Waals surface area contributed by atoms with E-state index in [0.29, 0.717) is 28.0 Å². The highest BCUT2D eigenvalue weighted by atomic mass is 16.5. The Morgan fingerprint density at radius 1 is 0.743 bits per heavy atom. The molecule has 9 nitrogen and oxygen atoms in total. The Morgan fingerprint density at radius 3 is 1.97 bits per heavy atom. The summed E-state index contributed by atoms with van der Waals surface area (Å²) in [5.74, 6) is 0.0316. The van der Waals surface area contributed by atoms with Crippen molar-refractivity contribution in [3.8, 4) is 17.2 Å². The average Bonchev–Trinajstić information content (AvgIpc) is 2.88. The Kier molecular flexibility index (Phi) is 6.68. The smallest absolute Gasteiger partial charge is 0.349 e. The molecule has 1 heterocycles. The van der Waals surface area contributed by atoms with Crippen molar-refractivity contribution in [1.29, 1.82) is 0 Å². The minimum atomic E-state index is -0.794. The van der Waals surface area contributed by atoms with E-state index in [1.165, 1.54) is 39.5 Å². The molecule has 1 aromatic heterocycles. The van der Waals surface area contributed by atoms with E-state index < -0.39 is 11.5 Å². The summed E-state index contributed by atoms with van der Waals surface area (Å²) in [6, 6.07) is 18.0. The highest BCUT2D eigenvalue weighted by Crippen LogP contribution is 2.37. The van der Waals surface area contributed by atoms with Crippen LogP contribution in [0.3, 0.4) is 0 Å². The SMILES string of the molecule is COc1ccc2oc(=O)c(C(=O)Nc3cc(OC)c(NC(=O)c4ccccc4)cc3OC)cc2c1. The second-order valence-electron chi connectivity index (χ2n) is 7.38. The zero-order chi connectivity index (χ0) is 24.9. The van der Waals surface area contributed by atoms with Gasteiger partial charge in [0.25, 0.3) is 11.8 Å². The third kappa shape index (κ3) is 4.93. The number of nitrogens with one attached hydrogen (secondary N) is 2. The number of benzene rings is 3. The van der Waals surface area contributed by atoms with E-state index in [4.69, 9.17) is 18.6 Å². The van der Waals surface area contributed by atoms with Gasteiger partial charge in [0.05, 0.1) is 32.7 Å². The van der Waals surface area contributed by atoms with Crippen molar-refractivity contribution in [2.75, 3.05) is 32.0 Å². The topological polar surface area (TPSA) is 116 Å². The zero-order valence-corrected chi connectivity index (χ0v) is 19.2. The van der Waals surface area contributed by atoms with E-state index >= 15 is 0 Å². The fourth-order valence-corrected chi connectivity index (χ4v) is 3.45. The molecule has 0 bridgehead atoms. The maximum absolute atomic E-state index is 13.0. The van der Waals surface area contributed by atoms with Crippen LogP contribution in [0.25, 0.3) is 11.0 Å². The van der Waals surface area contributed by atoms with Gasteiger partial charge in [-0.25, -0.2) is 4.79 Å². The van der Waals surface area contributed by atoms with Crippen LogP contribution in [0.1, 0.15) is 20.7 Å². The van der Waals surface area contributed by atoms with Crippen LogP contribution in [-0.2, 0) is 0 Å². The van der Waals surface area contributed by atoms with Crippen molar-refractivity contribution in [2.24, 2.45) is 0 Å². The number of carbonyl (C=O) groups is 2. The molecule has 0 unspecified atom stereocenters. The number of amides is 2. The first kappa shape index (κ1) is 23.4.